The van der Waals surface area contributed by atoms with E-state index in [1.54, 1.807) is 24.3 Å². The third kappa shape index (κ3) is 7.51. The number of aromatic nitrogens is 2. The van der Waals surface area contributed by atoms with Crippen LogP contribution in [-0.4, -0.2) is 42.5 Å². The minimum atomic E-state index is -4.67. The molecule has 1 aliphatic rings. The molecule has 2 N–H and O–H groups in total. The number of alkyl halides is 3. The maximum atomic E-state index is 13.2. The van der Waals surface area contributed by atoms with E-state index in [1.807, 2.05) is 16.9 Å². The summed E-state index contributed by atoms with van der Waals surface area (Å²) in [5.41, 5.74) is 2.53. The minimum absolute atomic E-state index is 0.0121. The summed E-state index contributed by atoms with van der Waals surface area (Å²) in [5.74, 6) is -1.67. The molecule has 1 saturated carbocycles. The molecule has 0 aliphatic heterocycles. The lowest BCUT2D eigenvalue weighted by molar-refractivity contribution is -0.144. The van der Waals surface area contributed by atoms with Crippen molar-refractivity contribution in [1.29, 1.82) is 0 Å². The summed E-state index contributed by atoms with van der Waals surface area (Å²) in [6.45, 7) is 4.98. The Morgan fingerprint density at radius 3 is 2.45 bits per heavy atom. The van der Waals surface area contributed by atoms with Gasteiger partial charge in [0.2, 0.25) is 21.0 Å². The number of nitrogens with zero attached hydrogens (tertiary/aromatic N) is 3. The number of anilines is 3. The fourth-order valence-corrected chi connectivity index (χ4v) is 5.99. The SMILES string of the molecule is CC(C)CN(c1ccc(-c2ccccc2C(=O)NS(C)(=O)=O)cc1Nc1nc(C(F)(F)F)ns1)C1CCCCC1. The molecule has 1 fully saturated rings. The molecule has 0 radical (unpaired) electrons. The average Bonchev–Trinajstić information content (AvgIpc) is 3.36. The van der Waals surface area contributed by atoms with Crippen molar-refractivity contribution in [2.24, 2.45) is 5.92 Å². The van der Waals surface area contributed by atoms with Gasteiger partial charge in [0, 0.05) is 29.7 Å². The molecule has 0 spiro atoms. The predicted molar refractivity (Wildman–Crippen MR) is 151 cm³/mol. The molecule has 216 valence electrons. The Morgan fingerprint density at radius 2 is 1.82 bits per heavy atom. The van der Waals surface area contributed by atoms with Crippen LogP contribution in [0.25, 0.3) is 11.1 Å². The minimum Gasteiger partial charge on any atom is -0.367 e. The van der Waals surface area contributed by atoms with Crippen molar-refractivity contribution in [3.63, 3.8) is 0 Å². The third-order valence-corrected chi connectivity index (χ3v) is 7.75. The van der Waals surface area contributed by atoms with E-state index in [-0.39, 0.29) is 16.7 Å². The zero-order chi connectivity index (χ0) is 29.1. The summed E-state index contributed by atoms with van der Waals surface area (Å²) in [4.78, 5) is 18.8. The van der Waals surface area contributed by atoms with E-state index in [0.29, 0.717) is 34.3 Å². The molecule has 0 atom stereocenters. The molecule has 13 heteroatoms. The van der Waals surface area contributed by atoms with Gasteiger partial charge in [-0.3, -0.25) is 4.79 Å². The molecule has 0 bridgehead atoms. The summed E-state index contributed by atoms with van der Waals surface area (Å²) in [7, 11) is -3.80. The maximum Gasteiger partial charge on any atom is 0.452 e. The maximum absolute atomic E-state index is 13.2. The fourth-order valence-electron chi connectivity index (χ4n) is 4.95. The van der Waals surface area contributed by atoms with Gasteiger partial charge in [-0.2, -0.15) is 22.5 Å². The van der Waals surface area contributed by atoms with E-state index in [0.717, 1.165) is 44.2 Å². The van der Waals surface area contributed by atoms with Gasteiger partial charge in [-0.25, -0.2) is 13.1 Å². The van der Waals surface area contributed by atoms with E-state index in [9.17, 15) is 26.4 Å². The molecule has 8 nitrogen and oxygen atoms in total. The fraction of sp³-hybridized carbons (Fsp3) is 0.444. The Balaban J connectivity index is 1.82. The Kier molecular flexibility index (Phi) is 9.03. The Bertz CT molecular complexity index is 1450. The molecule has 40 heavy (non-hydrogen) atoms. The number of nitrogens with one attached hydrogen (secondary N) is 2. The Hall–Kier alpha value is -3.19. The second-order valence-electron chi connectivity index (χ2n) is 10.4. The lowest BCUT2D eigenvalue weighted by Crippen LogP contribution is -2.39. The normalized spacial score (nSPS) is 14.8. The van der Waals surface area contributed by atoms with Crippen molar-refractivity contribution < 1.29 is 26.4 Å². The van der Waals surface area contributed by atoms with E-state index in [2.05, 4.69) is 33.4 Å². The van der Waals surface area contributed by atoms with Crippen LogP contribution < -0.4 is 14.9 Å². The molecular formula is C27H32F3N5O3S2. The first-order chi connectivity index (χ1) is 18.8. The van der Waals surface area contributed by atoms with Gasteiger partial charge in [0.05, 0.1) is 17.6 Å². The van der Waals surface area contributed by atoms with Crippen LogP contribution in [0.2, 0.25) is 0 Å². The smallest absolute Gasteiger partial charge is 0.367 e. The first-order valence-corrected chi connectivity index (χ1v) is 15.7. The van der Waals surface area contributed by atoms with E-state index < -0.39 is 27.9 Å². The van der Waals surface area contributed by atoms with E-state index >= 15 is 0 Å². The van der Waals surface area contributed by atoms with Crippen LogP contribution in [0.3, 0.4) is 0 Å². The average molecular weight is 596 g/mol. The number of sulfonamides is 1. The first-order valence-electron chi connectivity index (χ1n) is 13.0. The van der Waals surface area contributed by atoms with Gasteiger partial charge in [-0.1, -0.05) is 57.4 Å². The van der Waals surface area contributed by atoms with Crippen LogP contribution in [0.5, 0.6) is 0 Å². The number of rotatable bonds is 9. The van der Waals surface area contributed by atoms with Gasteiger partial charge in [0.25, 0.3) is 5.91 Å². The quantitative estimate of drug-likeness (QED) is 0.293. The Labute approximate surface area is 236 Å². The van der Waals surface area contributed by atoms with Crippen molar-refractivity contribution in [2.45, 2.75) is 58.2 Å². The number of hydrogen-bond acceptors (Lipinski definition) is 8. The topological polar surface area (TPSA) is 104 Å². The molecule has 4 rings (SSSR count). The summed E-state index contributed by atoms with van der Waals surface area (Å²) >= 11 is 0.616. The van der Waals surface area contributed by atoms with Crippen molar-refractivity contribution >= 4 is 44.0 Å². The molecule has 0 saturated heterocycles. The number of benzene rings is 2. The highest BCUT2D eigenvalue weighted by atomic mass is 32.2. The van der Waals surface area contributed by atoms with E-state index in [1.165, 1.54) is 12.5 Å². The molecule has 1 aromatic heterocycles. The lowest BCUT2D eigenvalue weighted by atomic mass is 9.92. The highest BCUT2D eigenvalue weighted by Gasteiger charge is 2.36. The van der Waals surface area contributed by atoms with Gasteiger partial charge in [-0.15, -0.1) is 0 Å². The molecule has 0 unspecified atom stereocenters. The molecular weight excluding hydrogens is 563 g/mol. The summed E-state index contributed by atoms with van der Waals surface area (Å²) in [6.07, 6.45) is 1.64. The van der Waals surface area contributed by atoms with Crippen molar-refractivity contribution in [1.82, 2.24) is 14.1 Å². The monoisotopic (exact) mass is 595 g/mol. The van der Waals surface area contributed by atoms with Crippen LogP contribution >= 0.6 is 11.5 Å². The van der Waals surface area contributed by atoms with Crippen LogP contribution in [-0.2, 0) is 16.2 Å². The summed E-state index contributed by atoms with van der Waals surface area (Å²) < 4.78 is 68.6. The second-order valence-corrected chi connectivity index (χ2v) is 12.9. The first kappa shape index (κ1) is 29.8. The standard InChI is InChI=1S/C27H32F3N5O3S2/c1-17(2)16-35(19-9-5-4-6-10-19)23-14-13-18(15-22(23)31-26-32-25(33-39-26)27(28,29)30)20-11-7-8-12-21(20)24(36)34-40(3,37)38/h7-8,11-15,17,19H,4-6,9-10,16H2,1-3H3,(H,34,36)(H,31,32,33). The number of hydrogen-bond donors (Lipinski definition) is 2. The van der Waals surface area contributed by atoms with Crippen molar-refractivity contribution in [3.05, 3.63) is 53.9 Å². The number of amides is 1. The number of carbonyl (C=O) groups is 1. The summed E-state index contributed by atoms with van der Waals surface area (Å²) in [5, 5.41) is 3.05. The second kappa shape index (κ2) is 12.1. The Morgan fingerprint density at radius 1 is 1.12 bits per heavy atom. The predicted octanol–water partition coefficient (Wildman–Crippen LogP) is 6.45. The van der Waals surface area contributed by atoms with Crippen LogP contribution in [0.1, 0.15) is 62.1 Å². The zero-order valence-corrected chi connectivity index (χ0v) is 24.1. The molecule has 2 aromatic carbocycles. The van der Waals surface area contributed by atoms with Crippen LogP contribution in [0.4, 0.5) is 29.7 Å². The van der Waals surface area contributed by atoms with Gasteiger partial charge in [0.1, 0.15) is 0 Å². The highest BCUT2D eigenvalue weighted by Crippen LogP contribution is 2.39. The highest BCUT2D eigenvalue weighted by molar-refractivity contribution is 7.89. The van der Waals surface area contributed by atoms with Gasteiger partial charge in [-0.05, 0) is 48.1 Å². The van der Waals surface area contributed by atoms with Gasteiger partial charge >= 0.3 is 6.18 Å². The molecule has 1 amide bonds. The number of carbonyl (C=O) groups excluding carboxylic acids is 1. The number of halogens is 3. The molecule has 3 aromatic rings. The van der Waals surface area contributed by atoms with Crippen molar-refractivity contribution in [3.8, 4) is 11.1 Å². The molecule has 1 heterocycles. The van der Waals surface area contributed by atoms with Gasteiger partial charge < -0.3 is 10.2 Å². The molecule has 1 aliphatic carbocycles. The van der Waals surface area contributed by atoms with Crippen LogP contribution in [0.15, 0.2) is 42.5 Å². The summed E-state index contributed by atoms with van der Waals surface area (Å²) in [6, 6.07) is 12.3. The van der Waals surface area contributed by atoms with Crippen molar-refractivity contribution in [2.75, 3.05) is 23.0 Å². The van der Waals surface area contributed by atoms with Gasteiger partial charge in [0.15, 0.2) is 0 Å². The van der Waals surface area contributed by atoms with E-state index in [4.69, 9.17) is 0 Å². The third-order valence-electron chi connectivity index (χ3n) is 6.57. The zero-order valence-electron chi connectivity index (χ0n) is 22.5. The lowest BCUT2D eigenvalue weighted by Gasteiger charge is -2.38. The van der Waals surface area contributed by atoms with Crippen LogP contribution in [0, 0.1) is 5.92 Å². The largest absolute Gasteiger partial charge is 0.452 e.